The molecular weight excluding hydrogens is 344 g/mol. The first-order chi connectivity index (χ1) is 12.6. The highest BCUT2D eigenvalue weighted by atomic mass is 35.5. The molecule has 0 bridgehead atoms. The summed E-state index contributed by atoms with van der Waals surface area (Å²) in [5.74, 6) is 0. The Morgan fingerprint density at radius 1 is 0.962 bits per heavy atom. The van der Waals surface area contributed by atoms with Crippen LogP contribution in [0.1, 0.15) is 11.3 Å². The molecule has 1 aliphatic rings. The summed E-state index contributed by atoms with van der Waals surface area (Å²) in [7, 11) is 2.14. The number of aromatic nitrogens is 2. The Kier molecular flexibility index (Phi) is 4.62. The molecule has 2 aromatic carbocycles. The van der Waals surface area contributed by atoms with Crippen LogP contribution in [0.5, 0.6) is 0 Å². The molecule has 0 saturated heterocycles. The molecular formula is C21H19ClN4. The van der Waals surface area contributed by atoms with E-state index >= 15 is 0 Å². The largest absolute Gasteiger partial charge is 0.340 e. The highest BCUT2D eigenvalue weighted by Crippen LogP contribution is 2.34. The summed E-state index contributed by atoms with van der Waals surface area (Å²) < 4.78 is 0. The van der Waals surface area contributed by atoms with Crippen LogP contribution in [-0.4, -0.2) is 35.2 Å². The number of hydrogen-bond donors (Lipinski definition) is 0. The standard InChI is InChI=1S/C21H19ClN4/c1-15-3-9-20(24-23-15)16-4-10-21-17(13-16)14-25(2)11-12-26(21)19-7-5-18(22)6-8-19/h1,3-10,13H,11-12,14H2,2H3. The van der Waals surface area contributed by atoms with Gasteiger partial charge in [0.2, 0.25) is 0 Å². The zero-order valence-electron chi connectivity index (χ0n) is 14.6. The van der Waals surface area contributed by atoms with E-state index in [-0.39, 0.29) is 0 Å². The molecule has 0 atom stereocenters. The van der Waals surface area contributed by atoms with Gasteiger partial charge in [0.15, 0.2) is 0 Å². The lowest BCUT2D eigenvalue weighted by molar-refractivity contribution is 0.343. The quantitative estimate of drug-likeness (QED) is 0.674. The molecule has 0 aliphatic carbocycles. The fraction of sp³-hybridized carbons (Fsp3) is 0.190. The zero-order chi connectivity index (χ0) is 18.1. The van der Waals surface area contributed by atoms with Gasteiger partial charge in [-0.25, -0.2) is 0 Å². The summed E-state index contributed by atoms with van der Waals surface area (Å²) in [4.78, 5) is 4.67. The van der Waals surface area contributed by atoms with E-state index in [0.717, 1.165) is 41.6 Å². The lowest BCUT2D eigenvalue weighted by atomic mass is 10.0. The summed E-state index contributed by atoms with van der Waals surface area (Å²) in [6.07, 6.45) is 0. The van der Waals surface area contributed by atoms with E-state index in [4.69, 9.17) is 18.5 Å². The minimum Gasteiger partial charge on any atom is -0.340 e. The Labute approximate surface area is 159 Å². The molecule has 1 aromatic heterocycles. The van der Waals surface area contributed by atoms with Crippen LogP contribution in [0.25, 0.3) is 11.3 Å². The lowest BCUT2D eigenvalue weighted by Gasteiger charge is -2.25. The van der Waals surface area contributed by atoms with Crippen molar-refractivity contribution in [3.63, 3.8) is 0 Å². The van der Waals surface area contributed by atoms with E-state index in [1.807, 2.05) is 18.2 Å². The van der Waals surface area contributed by atoms with Crippen molar-refractivity contribution in [2.45, 2.75) is 6.54 Å². The van der Waals surface area contributed by atoms with Crippen molar-refractivity contribution in [3.05, 3.63) is 77.8 Å². The first-order valence-corrected chi connectivity index (χ1v) is 8.92. The van der Waals surface area contributed by atoms with Gasteiger partial charge in [-0.05, 0) is 61.1 Å². The molecule has 0 unspecified atom stereocenters. The van der Waals surface area contributed by atoms with Crippen molar-refractivity contribution in [1.82, 2.24) is 15.1 Å². The number of likely N-dealkylation sites (N-methyl/N-ethyl adjacent to an activating group) is 1. The summed E-state index contributed by atoms with van der Waals surface area (Å²) >= 11 is 6.06. The number of nitrogens with zero attached hydrogens (tertiary/aromatic N) is 4. The third-order valence-electron chi connectivity index (χ3n) is 4.64. The SMILES string of the molecule is [CH]c1ccc(-c2ccc3c(c2)CN(C)CCN3c2ccc(Cl)cc2)nn1. The third-order valence-corrected chi connectivity index (χ3v) is 4.89. The van der Waals surface area contributed by atoms with E-state index in [1.54, 1.807) is 6.07 Å². The molecule has 0 saturated carbocycles. The van der Waals surface area contributed by atoms with E-state index in [0.29, 0.717) is 5.69 Å². The Morgan fingerprint density at radius 2 is 1.77 bits per heavy atom. The van der Waals surface area contributed by atoms with Crippen molar-refractivity contribution in [1.29, 1.82) is 0 Å². The molecule has 3 aromatic rings. The van der Waals surface area contributed by atoms with Crippen molar-refractivity contribution >= 4 is 23.0 Å². The average molecular weight is 363 g/mol. The van der Waals surface area contributed by atoms with Gasteiger partial charge in [-0.3, -0.25) is 0 Å². The Hall–Kier alpha value is -2.43. The number of anilines is 2. The highest BCUT2D eigenvalue weighted by molar-refractivity contribution is 6.30. The molecule has 2 heterocycles. The van der Waals surface area contributed by atoms with Crippen LogP contribution in [0.3, 0.4) is 0 Å². The molecule has 2 radical (unpaired) electrons. The van der Waals surface area contributed by atoms with Gasteiger partial charge >= 0.3 is 0 Å². The van der Waals surface area contributed by atoms with Crippen molar-refractivity contribution in [3.8, 4) is 11.3 Å². The topological polar surface area (TPSA) is 32.3 Å². The maximum Gasteiger partial charge on any atom is 0.0929 e. The van der Waals surface area contributed by atoms with Crippen LogP contribution in [0.4, 0.5) is 11.4 Å². The van der Waals surface area contributed by atoms with Gasteiger partial charge < -0.3 is 9.80 Å². The number of hydrogen-bond acceptors (Lipinski definition) is 4. The molecule has 0 fully saturated rings. The van der Waals surface area contributed by atoms with Gasteiger partial charge in [0.1, 0.15) is 0 Å². The predicted octanol–water partition coefficient (Wildman–Crippen LogP) is 4.44. The molecule has 4 rings (SSSR count). The second-order valence-electron chi connectivity index (χ2n) is 6.55. The highest BCUT2D eigenvalue weighted by Gasteiger charge is 2.20. The lowest BCUT2D eigenvalue weighted by Crippen LogP contribution is -2.26. The van der Waals surface area contributed by atoms with E-state index in [9.17, 15) is 0 Å². The smallest absolute Gasteiger partial charge is 0.0929 e. The van der Waals surface area contributed by atoms with E-state index in [1.165, 1.54) is 11.3 Å². The summed E-state index contributed by atoms with van der Waals surface area (Å²) in [5, 5.41) is 8.92. The number of fused-ring (bicyclic) bond motifs is 1. The molecule has 0 N–H and O–H groups in total. The van der Waals surface area contributed by atoms with Crippen LogP contribution in [-0.2, 0) is 6.54 Å². The van der Waals surface area contributed by atoms with Crippen molar-refractivity contribution in [2.75, 3.05) is 25.0 Å². The van der Waals surface area contributed by atoms with Crippen molar-refractivity contribution in [2.24, 2.45) is 0 Å². The number of benzene rings is 2. The molecule has 26 heavy (non-hydrogen) atoms. The molecule has 5 heteroatoms. The van der Waals surface area contributed by atoms with Crippen LogP contribution >= 0.6 is 11.6 Å². The number of rotatable bonds is 2. The normalized spacial score (nSPS) is 14.8. The monoisotopic (exact) mass is 362 g/mol. The van der Waals surface area contributed by atoms with Crippen LogP contribution in [0, 0.1) is 6.92 Å². The van der Waals surface area contributed by atoms with E-state index in [2.05, 4.69) is 57.4 Å². The van der Waals surface area contributed by atoms with E-state index < -0.39 is 0 Å². The minimum absolute atomic E-state index is 0.428. The predicted molar refractivity (Wildman–Crippen MR) is 106 cm³/mol. The molecule has 0 spiro atoms. The minimum atomic E-state index is 0.428. The fourth-order valence-corrected chi connectivity index (χ4v) is 3.41. The zero-order valence-corrected chi connectivity index (χ0v) is 15.3. The van der Waals surface area contributed by atoms with Crippen molar-refractivity contribution < 1.29 is 0 Å². The molecule has 0 amide bonds. The molecule has 4 nitrogen and oxygen atoms in total. The van der Waals surface area contributed by atoms with Crippen LogP contribution in [0.15, 0.2) is 54.6 Å². The Balaban J connectivity index is 1.76. The van der Waals surface area contributed by atoms with Gasteiger partial charge in [-0.1, -0.05) is 17.7 Å². The fourth-order valence-electron chi connectivity index (χ4n) is 3.28. The summed E-state index contributed by atoms with van der Waals surface area (Å²) in [5.41, 5.74) is 5.91. The van der Waals surface area contributed by atoms with Crippen LogP contribution in [0.2, 0.25) is 5.02 Å². The molecule has 130 valence electrons. The Bertz CT molecular complexity index is 906. The number of halogens is 1. The third kappa shape index (κ3) is 3.43. The molecule has 1 aliphatic heterocycles. The van der Waals surface area contributed by atoms with Gasteiger partial charge in [-0.15, -0.1) is 0 Å². The van der Waals surface area contributed by atoms with Gasteiger partial charge in [0.05, 0.1) is 11.4 Å². The van der Waals surface area contributed by atoms with Gasteiger partial charge in [-0.2, -0.15) is 10.2 Å². The second kappa shape index (κ2) is 7.06. The van der Waals surface area contributed by atoms with Gasteiger partial charge in [0.25, 0.3) is 0 Å². The first kappa shape index (κ1) is 17.0. The first-order valence-electron chi connectivity index (χ1n) is 8.54. The second-order valence-corrected chi connectivity index (χ2v) is 6.99. The average Bonchev–Trinajstić information content (AvgIpc) is 2.81. The Morgan fingerprint density at radius 3 is 2.50 bits per heavy atom. The van der Waals surface area contributed by atoms with Crippen LogP contribution < -0.4 is 4.90 Å². The maximum atomic E-state index is 6.06. The van der Waals surface area contributed by atoms with Gasteiger partial charge in [0, 0.05) is 48.5 Å². The summed E-state index contributed by atoms with van der Waals surface area (Å²) in [6.45, 7) is 8.44. The summed E-state index contributed by atoms with van der Waals surface area (Å²) in [6, 6.07) is 18.1. The maximum absolute atomic E-state index is 6.06.